The van der Waals surface area contributed by atoms with Crippen molar-refractivity contribution in [2.45, 2.75) is 0 Å². The molecule has 1 aromatic heterocycles. The number of anilines is 1. The number of halogens is 1. The molecule has 1 N–H and O–H groups in total. The summed E-state index contributed by atoms with van der Waals surface area (Å²) in [5, 5.41) is 5.57. The molecule has 7 nitrogen and oxygen atoms in total. The molecule has 2 aromatic carbocycles. The minimum Gasteiger partial charge on any atom is -0.497 e. The van der Waals surface area contributed by atoms with E-state index >= 15 is 0 Å². The Bertz CT molecular complexity index is 1050. The molecule has 0 spiro atoms. The highest BCUT2D eigenvalue weighted by Crippen LogP contribution is 2.33. The van der Waals surface area contributed by atoms with Gasteiger partial charge in [0.05, 0.1) is 17.8 Å². The zero-order valence-electron chi connectivity index (χ0n) is 16.6. The molecule has 0 aliphatic heterocycles. The molecular weight excluding hydrogens is 426 g/mol. The number of benzene rings is 2. The lowest BCUT2D eigenvalue weighted by Crippen LogP contribution is -2.27. The van der Waals surface area contributed by atoms with E-state index in [1.165, 1.54) is 16.2 Å². The van der Waals surface area contributed by atoms with Gasteiger partial charge in [-0.1, -0.05) is 11.6 Å². The number of methoxy groups -OCH3 is 1. The number of nitrogens with one attached hydrogen (secondary N) is 1. The summed E-state index contributed by atoms with van der Waals surface area (Å²) in [5.41, 5.74) is 1.86. The largest absolute Gasteiger partial charge is 0.497 e. The second kappa shape index (κ2) is 9.60. The highest BCUT2D eigenvalue weighted by Gasteiger charge is 2.13. The Morgan fingerprint density at radius 1 is 1.13 bits per heavy atom. The van der Waals surface area contributed by atoms with Crippen molar-refractivity contribution in [2.24, 2.45) is 0 Å². The van der Waals surface area contributed by atoms with Gasteiger partial charge in [-0.25, -0.2) is 4.98 Å². The molecule has 0 radical (unpaired) electrons. The Balaban J connectivity index is 1.63. The lowest BCUT2D eigenvalue weighted by molar-refractivity contribution is -0.130. The van der Waals surface area contributed by atoms with Crippen LogP contribution in [-0.4, -0.2) is 49.5 Å². The van der Waals surface area contributed by atoms with Gasteiger partial charge in [0.15, 0.2) is 11.7 Å². The van der Waals surface area contributed by atoms with Crippen molar-refractivity contribution in [3.63, 3.8) is 0 Å². The fourth-order valence-electron chi connectivity index (χ4n) is 2.43. The smallest absolute Gasteiger partial charge is 0.259 e. The van der Waals surface area contributed by atoms with Crippen LogP contribution < -0.4 is 14.8 Å². The van der Waals surface area contributed by atoms with Crippen molar-refractivity contribution < 1.29 is 19.1 Å². The highest BCUT2D eigenvalue weighted by molar-refractivity contribution is 7.14. The maximum Gasteiger partial charge on any atom is 0.259 e. The number of nitrogens with zero attached hydrogens (tertiary/aromatic N) is 2. The van der Waals surface area contributed by atoms with Gasteiger partial charge in [-0.05, 0) is 42.5 Å². The average molecular weight is 446 g/mol. The summed E-state index contributed by atoms with van der Waals surface area (Å²) in [4.78, 5) is 29.9. The maximum absolute atomic E-state index is 12.5. The summed E-state index contributed by atoms with van der Waals surface area (Å²) < 4.78 is 10.6. The predicted octanol–water partition coefficient (Wildman–Crippen LogP) is 4.19. The molecule has 0 saturated carbocycles. The van der Waals surface area contributed by atoms with Crippen LogP contribution in [0, 0.1) is 0 Å². The van der Waals surface area contributed by atoms with Gasteiger partial charge in [0.1, 0.15) is 11.5 Å². The second-order valence-electron chi connectivity index (χ2n) is 6.44. The van der Waals surface area contributed by atoms with E-state index < -0.39 is 0 Å². The number of thiazole rings is 1. The van der Waals surface area contributed by atoms with Crippen molar-refractivity contribution in [3.05, 3.63) is 58.4 Å². The molecule has 2 amide bonds. The lowest BCUT2D eigenvalue weighted by Gasteiger charge is -2.11. The molecule has 3 rings (SSSR count). The fraction of sp³-hybridized carbons (Fsp3) is 0.190. The SMILES string of the molecule is COc1ccc(-c2csc(NC(=O)c3ccc(OCC(=O)N(C)C)cc3)n2)c(Cl)c1. The van der Waals surface area contributed by atoms with Crippen molar-refractivity contribution in [1.29, 1.82) is 0 Å². The van der Waals surface area contributed by atoms with E-state index in [4.69, 9.17) is 21.1 Å². The summed E-state index contributed by atoms with van der Waals surface area (Å²) in [6.07, 6.45) is 0. The Kier molecular flexibility index (Phi) is 6.91. The molecule has 0 saturated heterocycles. The molecule has 0 fully saturated rings. The first-order chi connectivity index (χ1) is 14.4. The van der Waals surface area contributed by atoms with Crippen LogP contribution in [0.4, 0.5) is 5.13 Å². The third-order valence-corrected chi connectivity index (χ3v) is 5.22. The topological polar surface area (TPSA) is 80.8 Å². The summed E-state index contributed by atoms with van der Waals surface area (Å²) in [6, 6.07) is 11.9. The summed E-state index contributed by atoms with van der Waals surface area (Å²) in [7, 11) is 4.89. The highest BCUT2D eigenvalue weighted by atomic mass is 35.5. The van der Waals surface area contributed by atoms with Gasteiger partial charge in [0.25, 0.3) is 11.8 Å². The van der Waals surface area contributed by atoms with E-state index in [0.29, 0.717) is 32.9 Å². The van der Waals surface area contributed by atoms with Crippen molar-refractivity contribution in [2.75, 3.05) is 33.1 Å². The first-order valence-corrected chi connectivity index (χ1v) is 10.2. The number of carbonyl (C=O) groups excluding carboxylic acids is 2. The van der Waals surface area contributed by atoms with Crippen LogP contribution in [0.25, 0.3) is 11.3 Å². The second-order valence-corrected chi connectivity index (χ2v) is 7.70. The van der Waals surface area contributed by atoms with Crippen LogP contribution in [0.3, 0.4) is 0 Å². The number of aromatic nitrogens is 1. The minimum atomic E-state index is -0.298. The Morgan fingerprint density at radius 3 is 2.47 bits per heavy atom. The van der Waals surface area contributed by atoms with Crippen molar-refractivity contribution in [1.82, 2.24) is 9.88 Å². The van der Waals surface area contributed by atoms with Crippen LogP contribution in [0.15, 0.2) is 47.8 Å². The van der Waals surface area contributed by atoms with E-state index in [1.54, 1.807) is 57.6 Å². The first kappa shape index (κ1) is 21.6. The van der Waals surface area contributed by atoms with Crippen LogP contribution in [0.1, 0.15) is 10.4 Å². The van der Waals surface area contributed by atoms with Crippen LogP contribution >= 0.6 is 22.9 Å². The quantitative estimate of drug-likeness (QED) is 0.589. The number of hydrogen-bond acceptors (Lipinski definition) is 6. The molecule has 0 atom stereocenters. The van der Waals surface area contributed by atoms with Crippen LogP contribution in [0.2, 0.25) is 5.02 Å². The molecule has 1 heterocycles. The molecule has 9 heteroatoms. The van der Waals surface area contributed by atoms with E-state index in [1.807, 2.05) is 11.4 Å². The standard InChI is InChI=1S/C21H20ClN3O4S/c1-25(2)19(26)11-29-14-6-4-13(5-7-14)20(27)24-21-23-18(12-30-21)16-9-8-15(28-3)10-17(16)22/h4-10,12H,11H2,1-3H3,(H,23,24,27). The van der Waals surface area contributed by atoms with Gasteiger partial charge >= 0.3 is 0 Å². The Labute approximate surface area is 183 Å². The maximum atomic E-state index is 12.5. The number of carbonyl (C=O) groups is 2. The van der Waals surface area contributed by atoms with Gasteiger partial charge in [-0.15, -0.1) is 11.3 Å². The third-order valence-electron chi connectivity index (χ3n) is 4.15. The van der Waals surface area contributed by atoms with Crippen molar-refractivity contribution in [3.8, 4) is 22.8 Å². The monoisotopic (exact) mass is 445 g/mol. The number of likely N-dealkylation sites (N-methyl/N-ethyl adjacent to an activating group) is 1. The van der Waals surface area contributed by atoms with E-state index in [0.717, 1.165) is 5.56 Å². The average Bonchev–Trinajstić information content (AvgIpc) is 3.20. The van der Waals surface area contributed by atoms with Crippen molar-refractivity contribution >= 4 is 39.9 Å². The summed E-state index contributed by atoms with van der Waals surface area (Å²) >= 11 is 7.60. The molecule has 3 aromatic rings. The molecule has 0 aliphatic carbocycles. The Morgan fingerprint density at radius 2 is 1.83 bits per heavy atom. The molecule has 0 bridgehead atoms. The van der Waals surface area contributed by atoms with Gasteiger partial charge in [-0.2, -0.15) is 0 Å². The molecule has 156 valence electrons. The van der Waals surface area contributed by atoms with Crippen LogP contribution in [-0.2, 0) is 4.79 Å². The van der Waals surface area contributed by atoms with Gasteiger partial charge in [-0.3, -0.25) is 14.9 Å². The number of ether oxygens (including phenoxy) is 2. The first-order valence-electron chi connectivity index (χ1n) is 8.91. The molecule has 0 aliphatic rings. The zero-order valence-corrected chi connectivity index (χ0v) is 18.2. The van der Waals surface area contributed by atoms with Crippen LogP contribution in [0.5, 0.6) is 11.5 Å². The minimum absolute atomic E-state index is 0.0612. The van der Waals surface area contributed by atoms with E-state index in [-0.39, 0.29) is 18.4 Å². The van der Waals surface area contributed by atoms with Gasteiger partial charge in [0.2, 0.25) is 0 Å². The lowest BCUT2D eigenvalue weighted by atomic mass is 10.1. The molecule has 0 unspecified atom stereocenters. The summed E-state index contributed by atoms with van der Waals surface area (Å²) in [6.45, 7) is -0.0612. The zero-order chi connectivity index (χ0) is 21.7. The molecular formula is C21H20ClN3O4S. The normalized spacial score (nSPS) is 10.4. The predicted molar refractivity (Wildman–Crippen MR) is 118 cm³/mol. The third kappa shape index (κ3) is 5.28. The van der Waals surface area contributed by atoms with E-state index in [2.05, 4.69) is 10.3 Å². The number of amides is 2. The number of rotatable bonds is 7. The van der Waals surface area contributed by atoms with Gasteiger partial charge in [0, 0.05) is 30.6 Å². The van der Waals surface area contributed by atoms with E-state index in [9.17, 15) is 9.59 Å². The molecule has 30 heavy (non-hydrogen) atoms. The summed E-state index contributed by atoms with van der Waals surface area (Å²) in [5.74, 6) is 0.722. The number of hydrogen-bond donors (Lipinski definition) is 1. The fourth-order valence-corrected chi connectivity index (χ4v) is 3.40. The Hall–Kier alpha value is -3.10. The van der Waals surface area contributed by atoms with Gasteiger partial charge < -0.3 is 14.4 Å².